The smallest absolute Gasteiger partial charge is 0.258 e. The maximum atomic E-state index is 12.6. The lowest BCUT2D eigenvalue weighted by molar-refractivity contribution is -0.144. The molecule has 1 aromatic carbocycles. The van der Waals surface area contributed by atoms with E-state index in [2.05, 4.69) is 0 Å². The molecular weight excluding hydrogens is 280 g/mol. The van der Waals surface area contributed by atoms with Gasteiger partial charge in [0, 0.05) is 25.2 Å². The summed E-state index contributed by atoms with van der Waals surface area (Å²) in [5.41, 5.74) is -0.782. The lowest BCUT2D eigenvalue weighted by atomic mass is 9.96. The molecule has 0 aliphatic carbocycles. The maximum Gasteiger partial charge on any atom is 0.258 e. The Morgan fingerprint density at radius 3 is 2.60 bits per heavy atom. The van der Waals surface area contributed by atoms with Gasteiger partial charge < -0.3 is 14.9 Å². The Balaban J connectivity index is 2.35. The molecule has 1 saturated heterocycles. The molecule has 1 fully saturated rings. The van der Waals surface area contributed by atoms with Crippen molar-refractivity contribution in [3.8, 4) is 5.75 Å². The van der Waals surface area contributed by atoms with Crippen molar-refractivity contribution in [2.75, 3.05) is 20.1 Å². The second-order valence-corrected chi connectivity index (χ2v) is 5.84. The standard InChI is InChI=1S/C14H17ClN2O3/c1-14(2)13(20)16(3)6-7-17(14)12(19)10-5-4-9(15)8-11(10)18/h4-5,8,18H,6-7H2,1-3H3. The van der Waals surface area contributed by atoms with Crippen LogP contribution in [-0.2, 0) is 4.79 Å². The highest BCUT2D eigenvalue weighted by Gasteiger charge is 2.43. The van der Waals surface area contributed by atoms with Crippen LogP contribution in [0, 0.1) is 0 Å². The number of phenols is 1. The minimum atomic E-state index is -0.934. The van der Waals surface area contributed by atoms with E-state index in [1.807, 2.05) is 0 Å². The molecule has 0 atom stereocenters. The number of hydrogen-bond donors (Lipinski definition) is 1. The average molecular weight is 297 g/mol. The van der Waals surface area contributed by atoms with Gasteiger partial charge in [-0.15, -0.1) is 0 Å². The number of carbonyl (C=O) groups excluding carboxylic acids is 2. The molecule has 108 valence electrons. The minimum absolute atomic E-state index is 0.120. The molecule has 1 aromatic rings. The lowest BCUT2D eigenvalue weighted by Crippen LogP contribution is -2.63. The van der Waals surface area contributed by atoms with Crippen LogP contribution < -0.4 is 0 Å². The molecule has 0 bridgehead atoms. The molecular formula is C14H17ClN2O3. The molecule has 0 spiro atoms. The first-order valence-corrected chi connectivity index (χ1v) is 6.69. The van der Waals surface area contributed by atoms with E-state index in [0.29, 0.717) is 18.1 Å². The number of carbonyl (C=O) groups is 2. The molecule has 1 N–H and O–H groups in total. The van der Waals surface area contributed by atoms with Crippen LogP contribution in [0.2, 0.25) is 5.02 Å². The van der Waals surface area contributed by atoms with Gasteiger partial charge in [-0.25, -0.2) is 0 Å². The number of benzene rings is 1. The molecule has 0 saturated carbocycles. The quantitative estimate of drug-likeness (QED) is 0.859. The van der Waals surface area contributed by atoms with E-state index < -0.39 is 5.54 Å². The molecule has 1 aliphatic heterocycles. The normalized spacial score (nSPS) is 18.3. The summed E-state index contributed by atoms with van der Waals surface area (Å²) in [5.74, 6) is -0.666. The number of phenolic OH excluding ortho intramolecular Hbond substituents is 1. The van der Waals surface area contributed by atoms with Crippen LogP contribution in [0.25, 0.3) is 0 Å². The van der Waals surface area contributed by atoms with Gasteiger partial charge >= 0.3 is 0 Å². The molecule has 6 heteroatoms. The average Bonchev–Trinajstić information content (AvgIpc) is 2.35. The van der Waals surface area contributed by atoms with Crippen molar-refractivity contribution in [1.82, 2.24) is 9.80 Å². The topological polar surface area (TPSA) is 60.9 Å². The van der Waals surface area contributed by atoms with Crippen LogP contribution in [0.3, 0.4) is 0 Å². The monoisotopic (exact) mass is 296 g/mol. The molecule has 2 amide bonds. The summed E-state index contributed by atoms with van der Waals surface area (Å²) in [7, 11) is 1.71. The highest BCUT2D eigenvalue weighted by atomic mass is 35.5. The number of nitrogens with zero attached hydrogens (tertiary/aromatic N) is 2. The van der Waals surface area contributed by atoms with Gasteiger partial charge in [0.05, 0.1) is 5.56 Å². The Hall–Kier alpha value is -1.75. The van der Waals surface area contributed by atoms with E-state index in [4.69, 9.17) is 11.6 Å². The minimum Gasteiger partial charge on any atom is -0.507 e. The van der Waals surface area contributed by atoms with Gasteiger partial charge in [-0.2, -0.15) is 0 Å². The molecule has 1 aliphatic rings. The number of halogens is 1. The zero-order valence-electron chi connectivity index (χ0n) is 11.7. The molecule has 0 radical (unpaired) electrons. The number of amides is 2. The van der Waals surface area contributed by atoms with Crippen LogP contribution in [0.1, 0.15) is 24.2 Å². The van der Waals surface area contributed by atoms with Crippen LogP contribution in [0.4, 0.5) is 0 Å². The Morgan fingerprint density at radius 1 is 1.35 bits per heavy atom. The molecule has 1 heterocycles. The molecule has 0 aromatic heterocycles. The molecule has 2 rings (SSSR count). The number of likely N-dealkylation sites (N-methyl/N-ethyl adjacent to an activating group) is 1. The number of hydrogen-bond acceptors (Lipinski definition) is 3. The van der Waals surface area contributed by atoms with E-state index in [1.165, 1.54) is 17.0 Å². The van der Waals surface area contributed by atoms with Gasteiger partial charge in [0.2, 0.25) is 5.91 Å². The second-order valence-electron chi connectivity index (χ2n) is 5.40. The maximum absolute atomic E-state index is 12.6. The number of piperazine rings is 1. The number of rotatable bonds is 1. The fourth-order valence-electron chi connectivity index (χ4n) is 2.40. The molecule has 20 heavy (non-hydrogen) atoms. The SMILES string of the molecule is CN1CCN(C(=O)c2ccc(Cl)cc2O)C(C)(C)C1=O. The van der Waals surface area contributed by atoms with Gasteiger partial charge in [0.1, 0.15) is 11.3 Å². The Kier molecular flexibility index (Phi) is 3.65. The van der Waals surface area contributed by atoms with E-state index in [0.717, 1.165) is 0 Å². The van der Waals surface area contributed by atoms with Crippen LogP contribution in [0.5, 0.6) is 5.75 Å². The summed E-state index contributed by atoms with van der Waals surface area (Å²) >= 11 is 5.76. The summed E-state index contributed by atoms with van der Waals surface area (Å²) in [6.07, 6.45) is 0. The van der Waals surface area contributed by atoms with Crippen molar-refractivity contribution < 1.29 is 14.7 Å². The molecule has 5 nitrogen and oxygen atoms in total. The fraction of sp³-hybridized carbons (Fsp3) is 0.429. The Bertz CT molecular complexity index is 572. The third kappa shape index (κ3) is 2.33. The summed E-state index contributed by atoms with van der Waals surface area (Å²) in [6, 6.07) is 4.33. The summed E-state index contributed by atoms with van der Waals surface area (Å²) < 4.78 is 0. The predicted molar refractivity (Wildman–Crippen MR) is 75.9 cm³/mol. The van der Waals surface area contributed by atoms with Crippen LogP contribution in [0.15, 0.2) is 18.2 Å². The van der Waals surface area contributed by atoms with Crippen molar-refractivity contribution in [1.29, 1.82) is 0 Å². The van der Waals surface area contributed by atoms with Gasteiger partial charge in [-0.05, 0) is 32.0 Å². The summed E-state index contributed by atoms with van der Waals surface area (Å²) in [5, 5.41) is 10.2. The van der Waals surface area contributed by atoms with E-state index in [-0.39, 0.29) is 23.1 Å². The van der Waals surface area contributed by atoms with Crippen molar-refractivity contribution >= 4 is 23.4 Å². The summed E-state index contributed by atoms with van der Waals surface area (Å²) in [4.78, 5) is 27.8. The van der Waals surface area contributed by atoms with Gasteiger partial charge in [-0.3, -0.25) is 9.59 Å². The van der Waals surface area contributed by atoms with Gasteiger partial charge in [-0.1, -0.05) is 11.6 Å². The first-order chi connectivity index (χ1) is 9.25. The molecule has 0 unspecified atom stereocenters. The van der Waals surface area contributed by atoms with Crippen LogP contribution >= 0.6 is 11.6 Å². The zero-order chi connectivity index (χ0) is 15.1. The van der Waals surface area contributed by atoms with Crippen molar-refractivity contribution in [2.45, 2.75) is 19.4 Å². The summed E-state index contributed by atoms with van der Waals surface area (Å²) in [6.45, 7) is 4.31. The highest BCUT2D eigenvalue weighted by Crippen LogP contribution is 2.28. The largest absolute Gasteiger partial charge is 0.507 e. The van der Waals surface area contributed by atoms with Crippen molar-refractivity contribution in [3.63, 3.8) is 0 Å². The van der Waals surface area contributed by atoms with Crippen molar-refractivity contribution in [2.24, 2.45) is 0 Å². The lowest BCUT2D eigenvalue weighted by Gasteiger charge is -2.44. The van der Waals surface area contributed by atoms with Crippen molar-refractivity contribution in [3.05, 3.63) is 28.8 Å². The third-order valence-corrected chi connectivity index (χ3v) is 3.87. The highest BCUT2D eigenvalue weighted by molar-refractivity contribution is 6.30. The predicted octanol–water partition coefficient (Wildman–Crippen LogP) is 1.74. The van der Waals surface area contributed by atoms with E-state index in [1.54, 1.807) is 31.9 Å². The number of aromatic hydroxyl groups is 1. The van der Waals surface area contributed by atoms with Gasteiger partial charge in [0.15, 0.2) is 0 Å². The Labute approximate surface area is 122 Å². The third-order valence-electron chi connectivity index (χ3n) is 3.64. The fourth-order valence-corrected chi connectivity index (χ4v) is 2.57. The first-order valence-electron chi connectivity index (χ1n) is 6.31. The van der Waals surface area contributed by atoms with Crippen LogP contribution in [-0.4, -0.2) is 52.4 Å². The first kappa shape index (κ1) is 14.7. The zero-order valence-corrected chi connectivity index (χ0v) is 12.4. The van der Waals surface area contributed by atoms with E-state index in [9.17, 15) is 14.7 Å². The van der Waals surface area contributed by atoms with E-state index >= 15 is 0 Å². The van der Waals surface area contributed by atoms with Gasteiger partial charge in [0.25, 0.3) is 5.91 Å². The Morgan fingerprint density at radius 2 is 2.00 bits per heavy atom. The second kappa shape index (κ2) is 4.98.